The van der Waals surface area contributed by atoms with Gasteiger partial charge in [-0.25, -0.2) is 0 Å². The number of nitrogens with zero attached hydrogens (tertiary/aromatic N) is 3. The van der Waals surface area contributed by atoms with E-state index in [0.717, 1.165) is 11.8 Å². The van der Waals surface area contributed by atoms with Gasteiger partial charge in [-0.3, -0.25) is 15.0 Å². The number of hydrogen-bond acceptors (Lipinski definition) is 6. The van der Waals surface area contributed by atoms with E-state index in [4.69, 9.17) is 17.3 Å². The van der Waals surface area contributed by atoms with Crippen molar-refractivity contribution in [2.24, 2.45) is 5.73 Å². The van der Waals surface area contributed by atoms with Crippen molar-refractivity contribution in [3.8, 4) is 0 Å². The number of piperazine rings is 1. The first-order valence-corrected chi connectivity index (χ1v) is 9.08. The maximum Gasteiger partial charge on any atom is 0.292 e. The number of carbonyl (C=O) groups is 1. The van der Waals surface area contributed by atoms with Gasteiger partial charge in [0.25, 0.3) is 5.69 Å². The van der Waals surface area contributed by atoms with Crippen LogP contribution >= 0.6 is 24.0 Å². The Labute approximate surface area is 174 Å². The first-order valence-electron chi connectivity index (χ1n) is 8.70. The van der Waals surface area contributed by atoms with E-state index in [9.17, 15) is 14.9 Å². The van der Waals surface area contributed by atoms with Crippen LogP contribution in [-0.4, -0.2) is 48.3 Å². The third-order valence-electron chi connectivity index (χ3n) is 4.86. The minimum atomic E-state index is -0.663. The van der Waals surface area contributed by atoms with Crippen LogP contribution in [0.15, 0.2) is 48.5 Å². The van der Waals surface area contributed by atoms with Crippen LogP contribution in [0.1, 0.15) is 11.6 Å². The van der Waals surface area contributed by atoms with E-state index in [0.29, 0.717) is 36.9 Å². The van der Waals surface area contributed by atoms with E-state index >= 15 is 0 Å². The summed E-state index contributed by atoms with van der Waals surface area (Å²) in [5.74, 6) is 0. The van der Waals surface area contributed by atoms with Gasteiger partial charge in [0, 0.05) is 37.3 Å². The summed E-state index contributed by atoms with van der Waals surface area (Å²) in [6.45, 7) is 2.50. The van der Waals surface area contributed by atoms with Crippen molar-refractivity contribution in [2.75, 3.05) is 31.1 Å². The van der Waals surface area contributed by atoms with E-state index in [1.54, 1.807) is 30.3 Å². The standard InChI is InChI=1S/C19H21ClN4O3.ClH/c20-15-7-5-14(6-8-15)19(16(21)13-25)23-11-9-22(10-12-23)17-3-1-2-4-18(17)24(26)27;/h1-8,13,16,19H,9-12,21H2;1H. The van der Waals surface area contributed by atoms with E-state index in [1.807, 2.05) is 17.0 Å². The van der Waals surface area contributed by atoms with Crippen LogP contribution in [0.4, 0.5) is 11.4 Å². The molecule has 1 saturated heterocycles. The van der Waals surface area contributed by atoms with Gasteiger partial charge >= 0.3 is 0 Å². The quantitative estimate of drug-likeness (QED) is 0.435. The zero-order valence-corrected chi connectivity index (χ0v) is 16.7. The molecule has 3 rings (SSSR count). The number of benzene rings is 2. The van der Waals surface area contributed by atoms with Crippen LogP contribution in [-0.2, 0) is 4.79 Å². The molecule has 0 spiro atoms. The van der Waals surface area contributed by atoms with Gasteiger partial charge in [0.15, 0.2) is 0 Å². The maximum atomic E-state index is 11.4. The summed E-state index contributed by atoms with van der Waals surface area (Å²) in [6.07, 6.45) is 0.758. The molecule has 1 aliphatic heterocycles. The molecular weight excluding hydrogens is 403 g/mol. The number of carbonyl (C=O) groups excluding carboxylic acids is 1. The van der Waals surface area contributed by atoms with E-state index in [1.165, 1.54) is 6.07 Å². The average molecular weight is 425 g/mol. The molecule has 0 amide bonds. The second kappa shape index (κ2) is 9.84. The second-order valence-electron chi connectivity index (χ2n) is 6.48. The molecule has 1 fully saturated rings. The summed E-state index contributed by atoms with van der Waals surface area (Å²) >= 11 is 5.97. The SMILES string of the molecule is Cl.NC(C=O)C(c1ccc(Cl)cc1)N1CCN(c2ccccc2[N+](=O)[O-])CC1. The molecule has 28 heavy (non-hydrogen) atoms. The van der Waals surface area contributed by atoms with Gasteiger partial charge in [0.05, 0.1) is 17.0 Å². The van der Waals surface area contributed by atoms with E-state index < -0.39 is 6.04 Å². The van der Waals surface area contributed by atoms with Gasteiger partial charge in [-0.2, -0.15) is 0 Å². The molecule has 1 heterocycles. The molecule has 1 aliphatic rings. The normalized spacial score (nSPS) is 16.7. The summed E-state index contributed by atoms with van der Waals surface area (Å²) in [5, 5.41) is 11.9. The van der Waals surface area contributed by atoms with Gasteiger partial charge in [0.1, 0.15) is 12.0 Å². The zero-order valence-electron chi connectivity index (χ0n) is 15.1. The molecule has 0 radical (unpaired) electrons. The fourth-order valence-electron chi connectivity index (χ4n) is 3.54. The Morgan fingerprint density at radius 2 is 1.68 bits per heavy atom. The largest absolute Gasteiger partial charge is 0.363 e. The molecule has 150 valence electrons. The number of para-hydroxylation sites is 2. The molecular formula is C19H22Cl2N4O3. The minimum absolute atomic E-state index is 0. The number of rotatable bonds is 6. The van der Waals surface area contributed by atoms with Gasteiger partial charge in [0.2, 0.25) is 0 Å². The Bertz CT molecular complexity index is 811. The molecule has 2 atom stereocenters. The minimum Gasteiger partial charge on any atom is -0.363 e. The highest BCUT2D eigenvalue weighted by molar-refractivity contribution is 6.30. The number of aldehydes is 1. The molecule has 2 unspecified atom stereocenters. The number of nitro benzene ring substituents is 1. The van der Waals surface area contributed by atoms with Crippen LogP contribution in [0, 0.1) is 10.1 Å². The third kappa shape index (κ3) is 4.80. The molecule has 2 N–H and O–H groups in total. The molecule has 7 nitrogen and oxygen atoms in total. The van der Waals surface area contributed by atoms with E-state index in [-0.39, 0.29) is 29.1 Å². The predicted molar refractivity (Wildman–Crippen MR) is 112 cm³/mol. The first-order chi connectivity index (χ1) is 13.0. The summed E-state index contributed by atoms with van der Waals surface area (Å²) < 4.78 is 0. The molecule has 0 saturated carbocycles. The van der Waals surface area contributed by atoms with Crippen molar-refractivity contribution in [1.82, 2.24) is 4.90 Å². The van der Waals surface area contributed by atoms with Crippen LogP contribution < -0.4 is 10.6 Å². The summed E-state index contributed by atoms with van der Waals surface area (Å²) in [4.78, 5) is 26.4. The van der Waals surface area contributed by atoms with E-state index in [2.05, 4.69) is 4.90 Å². The molecule has 9 heteroatoms. The van der Waals surface area contributed by atoms with Crippen LogP contribution in [0.2, 0.25) is 5.02 Å². The number of hydrogen-bond donors (Lipinski definition) is 1. The van der Waals surface area contributed by atoms with Crippen molar-refractivity contribution in [3.63, 3.8) is 0 Å². The number of nitrogens with two attached hydrogens (primary N) is 1. The average Bonchev–Trinajstić information content (AvgIpc) is 2.70. The van der Waals surface area contributed by atoms with Gasteiger partial charge in [-0.05, 0) is 23.8 Å². The van der Waals surface area contributed by atoms with Crippen LogP contribution in [0.25, 0.3) is 0 Å². The third-order valence-corrected chi connectivity index (χ3v) is 5.11. The fourth-order valence-corrected chi connectivity index (χ4v) is 3.66. The lowest BCUT2D eigenvalue weighted by Crippen LogP contribution is -2.52. The Morgan fingerprint density at radius 1 is 1.07 bits per heavy atom. The summed E-state index contributed by atoms with van der Waals surface area (Å²) in [6, 6.07) is 13.1. The highest BCUT2D eigenvalue weighted by atomic mass is 35.5. The lowest BCUT2D eigenvalue weighted by molar-refractivity contribution is -0.384. The highest BCUT2D eigenvalue weighted by Crippen LogP contribution is 2.31. The Morgan fingerprint density at radius 3 is 2.25 bits per heavy atom. The van der Waals surface area contributed by atoms with Gasteiger partial charge in [-0.1, -0.05) is 35.9 Å². The fraction of sp³-hybridized carbons (Fsp3) is 0.316. The van der Waals surface area contributed by atoms with Crippen molar-refractivity contribution in [3.05, 3.63) is 69.2 Å². The summed E-state index contributed by atoms with van der Waals surface area (Å²) in [7, 11) is 0. The molecule has 2 aromatic carbocycles. The molecule has 2 aromatic rings. The zero-order chi connectivity index (χ0) is 19.4. The highest BCUT2D eigenvalue weighted by Gasteiger charge is 2.31. The monoisotopic (exact) mass is 424 g/mol. The van der Waals surface area contributed by atoms with Gasteiger partial charge < -0.3 is 15.4 Å². The first kappa shape index (κ1) is 22.1. The van der Waals surface area contributed by atoms with Crippen LogP contribution in [0.3, 0.4) is 0 Å². The smallest absolute Gasteiger partial charge is 0.292 e. The maximum absolute atomic E-state index is 11.4. The Kier molecular flexibility index (Phi) is 7.77. The lowest BCUT2D eigenvalue weighted by Gasteiger charge is -2.41. The topological polar surface area (TPSA) is 92.7 Å². The second-order valence-corrected chi connectivity index (χ2v) is 6.92. The number of anilines is 1. The Balaban J connectivity index is 0.00000280. The van der Waals surface area contributed by atoms with Crippen molar-refractivity contribution < 1.29 is 9.72 Å². The summed E-state index contributed by atoms with van der Waals surface area (Å²) in [5.41, 5.74) is 7.73. The molecule has 0 aromatic heterocycles. The van der Waals surface area contributed by atoms with Crippen LogP contribution in [0.5, 0.6) is 0 Å². The van der Waals surface area contributed by atoms with Crippen molar-refractivity contribution in [2.45, 2.75) is 12.1 Å². The molecule has 0 bridgehead atoms. The van der Waals surface area contributed by atoms with Crippen molar-refractivity contribution in [1.29, 1.82) is 0 Å². The number of halogens is 2. The lowest BCUT2D eigenvalue weighted by atomic mass is 9.98. The Hall–Kier alpha value is -2.19. The van der Waals surface area contributed by atoms with Crippen molar-refractivity contribution >= 4 is 41.7 Å². The number of nitro groups is 1. The predicted octanol–water partition coefficient (Wildman–Crippen LogP) is 3.06. The molecule has 0 aliphatic carbocycles. The van der Waals surface area contributed by atoms with Gasteiger partial charge in [-0.15, -0.1) is 12.4 Å².